The number of amides is 1. The summed E-state index contributed by atoms with van der Waals surface area (Å²) < 4.78 is 42.2. The number of aryl methyl sites for hydroxylation is 1. The first-order valence-electron chi connectivity index (χ1n) is 8.53. The molecule has 0 aliphatic heterocycles. The molecule has 5 nitrogen and oxygen atoms in total. The van der Waals surface area contributed by atoms with E-state index in [1.165, 1.54) is 4.52 Å². The molecule has 1 amide bonds. The third-order valence-corrected chi connectivity index (χ3v) is 5.60. The van der Waals surface area contributed by atoms with Gasteiger partial charge in [-0.15, -0.1) is 0 Å². The van der Waals surface area contributed by atoms with E-state index in [1.54, 1.807) is 25.3 Å². The number of hydrogen-bond donors (Lipinski definition) is 1. The van der Waals surface area contributed by atoms with E-state index in [2.05, 4.69) is 15.4 Å². The number of aromatic nitrogens is 3. The number of halogens is 3. The predicted octanol–water partition coefficient (Wildman–Crippen LogP) is 3.59. The fourth-order valence-electron chi connectivity index (χ4n) is 4.59. The van der Waals surface area contributed by atoms with Gasteiger partial charge in [-0.25, -0.2) is 9.50 Å². The molecule has 3 aliphatic rings. The zero-order valence-corrected chi connectivity index (χ0v) is 13.8. The molecule has 3 saturated carbocycles. The van der Waals surface area contributed by atoms with E-state index in [0.717, 1.165) is 0 Å². The van der Waals surface area contributed by atoms with Gasteiger partial charge < -0.3 is 5.32 Å². The van der Waals surface area contributed by atoms with Crippen LogP contribution in [0.1, 0.15) is 31.5 Å². The number of nitrogens with zero attached hydrogens (tertiary/aromatic N) is 3. The lowest BCUT2D eigenvalue weighted by Crippen LogP contribution is -2.51. The Morgan fingerprint density at radius 2 is 1.88 bits per heavy atom. The third-order valence-electron chi connectivity index (χ3n) is 5.60. The highest BCUT2D eigenvalue weighted by Gasteiger charge is 2.58. The van der Waals surface area contributed by atoms with E-state index in [0.29, 0.717) is 42.8 Å². The van der Waals surface area contributed by atoms with Crippen molar-refractivity contribution in [1.82, 2.24) is 14.6 Å². The standard InChI is InChI=1S/C17H19F3N4O/c1-9-21-13-7-6-12(8-24(13)23-9)22-16(25)14-10-2-4-11(5-3-10)15(14)17(18,19)20/h6-8,10-11,14-15H,2-5H2,1H3,(H,22,25)/t10?,11?,14-,15-/m0/s1. The highest BCUT2D eigenvalue weighted by molar-refractivity contribution is 5.93. The summed E-state index contributed by atoms with van der Waals surface area (Å²) in [5.74, 6) is -3.09. The van der Waals surface area contributed by atoms with Crippen LogP contribution < -0.4 is 5.32 Å². The maximum atomic E-state index is 13.6. The number of pyridine rings is 1. The Balaban J connectivity index is 1.59. The molecule has 5 rings (SSSR count). The van der Waals surface area contributed by atoms with Crippen molar-refractivity contribution in [3.8, 4) is 0 Å². The van der Waals surface area contributed by atoms with Crippen LogP contribution >= 0.6 is 0 Å². The molecule has 3 aliphatic carbocycles. The van der Waals surface area contributed by atoms with Gasteiger partial charge in [0.2, 0.25) is 5.91 Å². The number of alkyl halides is 3. The molecular formula is C17H19F3N4O. The van der Waals surface area contributed by atoms with E-state index in [-0.39, 0.29) is 5.92 Å². The minimum absolute atomic E-state index is 0.186. The molecule has 8 heteroatoms. The summed E-state index contributed by atoms with van der Waals surface area (Å²) in [6.45, 7) is 1.75. The molecule has 2 atom stereocenters. The second-order valence-corrected chi connectivity index (χ2v) is 7.14. The number of fused-ring (bicyclic) bond motifs is 4. The largest absolute Gasteiger partial charge is 0.392 e. The van der Waals surface area contributed by atoms with Crippen LogP contribution in [-0.4, -0.2) is 26.7 Å². The van der Waals surface area contributed by atoms with Crippen LogP contribution in [0.4, 0.5) is 18.9 Å². The Morgan fingerprint density at radius 1 is 1.20 bits per heavy atom. The minimum Gasteiger partial charge on any atom is -0.324 e. The van der Waals surface area contributed by atoms with Crippen molar-refractivity contribution in [2.75, 3.05) is 5.32 Å². The fourth-order valence-corrected chi connectivity index (χ4v) is 4.59. The quantitative estimate of drug-likeness (QED) is 0.899. The van der Waals surface area contributed by atoms with Gasteiger partial charge in [-0.2, -0.15) is 18.3 Å². The molecule has 1 N–H and O–H groups in total. The zero-order chi connectivity index (χ0) is 17.8. The maximum absolute atomic E-state index is 13.6. The van der Waals surface area contributed by atoms with Crippen molar-refractivity contribution in [3.63, 3.8) is 0 Å². The summed E-state index contributed by atoms with van der Waals surface area (Å²) in [5, 5.41) is 6.83. The molecule has 0 saturated heterocycles. The van der Waals surface area contributed by atoms with E-state index >= 15 is 0 Å². The summed E-state index contributed by atoms with van der Waals surface area (Å²) in [5.41, 5.74) is 1.06. The Morgan fingerprint density at radius 3 is 2.56 bits per heavy atom. The molecule has 0 unspecified atom stereocenters. The average Bonchev–Trinajstić information content (AvgIpc) is 2.93. The van der Waals surface area contributed by atoms with Gasteiger partial charge in [0.1, 0.15) is 5.82 Å². The normalized spacial score (nSPS) is 29.1. The van der Waals surface area contributed by atoms with Crippen molar-refractivity contribution in [1.29, 1.82) is 0 Å². The highest BCUT2D eigenvalue weighted by Crippen LogP contribution is 2.54. The van der Waals surface area contributed by atoms with Crippen molar-refractivity contribution >= 4 is 17.2 Å². The number of anilines is 1. The summed E-state index contributed by atoms with van der Waals surface area (Å²) in [4.78, 5) is 16.9. The molecule has 2 aromatic heterocycles. The summed E-state index contributed by atoms with van der Waals surface area (Å²) >= 11 is 0. The SMILES string of the molecule is Cc1nc2ccc(NC(=O)[C@H]3C4CCC(CC4)[C@@H]3C(F)(F)F)cn2n1. The van der Waals surface area contributed by atoms with Gasteiger partial charge in [-0.1, -0.05) is 0 Å². The van der Waals surface area contributed by atoms with Gasteiger partial charge in [0.05, 0.1) is 23.7 Å². The first kappa shape index (κ1) is 16.4. The van der Waals surface area contributed by atoms with Crippen LogP contribution in [-0.2, 0) is 4.79 Å². The van der Waals surface area contributed by atoms with E-state index < -0.39 is 29.8 Å². The number of carbonyl (C=O) groups is 1. The molecule has 0 radical (unpaired) electrons. The van der Waals surface area contributed by atoms with Crippen LogP contribution in [0.3, 0.4) is 0 Å². The average molecular weight is 352 g/mol. The third kappa shape index (κ3) is 2.87. The maximum Gasteiger partial charge on any atom is 0.392 e. The molecule has 2 aromatic rings. The monoisotopic (exact) mass is 352 g/mol. The van der Waals surface area contributed by atoms with Gasteiger partial charge >= 0.3 is 6.18 Å². The predicted molar refractivity (Wildman–Crippen MR) is 84.8 cm³/mol. The Kier molecular flexibility index (Phi) is 3.73. The van der Waals surface area contributed by atoms with Crippen molar-refractivity contribution in [2.24, 2.45) is 23.7 Å². The van der Waals surface area contributed by atoms with Gasteiger partial charge in [-0.05, 0) is 56.6 Å². The number of carbonyl (C=O) groups excluding carboxylic acids is 1. The van der Waals surface area contributed by atoms with Crippen LogP contribution in [0.15, 0.2) is 18.3 Å². The Labute approximate surface area is 142 Å². The molecule has 0 spiro atoms. The van der Waals surface area contributed by atoms with Gasteiger partial charge in [-0.3, -0.25) is 4.79 Å². The number of nitrogens with one attached hydrogen (secondary N) is 1. The van der Waals surface area contributed by atoms with Crippen LogP contribution in [0, 0.1) is 30.6 Å². The highest BCUT2D eigenvalue weighted by atomic mass is 19.4. The van der Waals surface area contributed by atoms with E-state index in [9.17, 15) is 18.0 Å². The van der Waals surface area contributed by atoms with Gasteiger partial charge in [0.15, 0.2) is 5.65 Å². The zero-order valence-electron chi connectivity index (χ0n) is 13.8. The fraction of sp³-hybridized carbons (Fsp3) is 0.588. The lowest BCUT2D eigenvalue weighted by molar-refractivity contribution is -0.227. The molecule has 0 aromatic carbocycles. The molecule has 25 heavy (non-hydrogen) atoms. The first-order valence-corrected chi connectivity index (χ1v) is 8.53. The molecule has 134 valence electrons. The summed E-state index contributed by atoms with van der Waals surface area (Å²) in [6, 6.07) is 3.33. The van der Waals surface area contributed by atoms with E-state index in [1.807, 2.05) is 0 Å². The minimum atomic E-state index is -4.33. The van der Waals surface area contributed by atoms with Crippen molar-refractivity contribution in [2.45, 2.75) is 38.8 Å². The van der Waals surface area contributed by atoms with Crippen LogP contribution in [0.5, 0.6) is 0 Å². The molecular weight excluding hydrogens is 333 g/mol. The van der Waals surface area contributed by atoms with E-state index in [4.69, 9.17) is 0 Å². The molecule has 2 bridgehead atoms. The lowest BCUT2D eigenvalue weighted by atomic mass is 9.58. The second-order valence-electron chi connectivity index (χ2n) is 7.14. The van der Waals surface area contributed by atoms with Gasteiger partial charge in [0, 0.05) is 0 Å². The number of hydrogen-bond acceptors (Lipinski definition) is 3. The summed E-state index contributed by atoms with van der Waals surface area (Å²) in [7, 11) is 0. The topological polar surface area (TPSA) is 59.3 Å². The Bertz CT molecular complexity index is 808. The molecule has 2 heterocycles. The second kappa shape index (κ2) is 5.71. The van der Waals surface area contributed by atoms with Crippen LogP contribution in [0.2, 0.25) is 0 Å². The lowest BCUT2D eigenvalue weighted by Gasteiger charge is -2.48. The van der Waals surface area contributed by atoms with Crippen LogP contribution in [0.25, 0.3) is 5.65 Å². The van der Waals surface area contributed by atoms with Gasteiger partial charge in [0.25, 0.3) is 0 Å². The molecule has 3 fully saturated rings. The number of rotatable bonds is 2. The smallest absolute Gasteiger partial charge is 0.324 e. The first-order chi connectivity index (χ1) is 11.8. The summed E-state index contributed by atoms with van der Waals surface area (Å²) in [6.07, 6.45) is -0.200. The van der Waals surface area contributed by atoms with Crippen molar-refractivity contribution < 1.29 is 18.0 Å². The van der Waals surface area contributed by atoms with Crippen molar-refractivity contribution in [3.05, 3.63) is 24.2 Å². The Hall–Kier alpha value is -2.12.